The second-order valence-corrected chi connectivity index (χ2v) is 3.96. The Kier molecular flexibility index (Phi) is 3.61. The van der Waals surface area contributed by atoms with Crippen molar-refractivity contribution in [2.45, 2.75) is 13.8 Å². The van der Waals surface area contributed by atoms with Crippen LogP contribution >= 0.6 is 0 Å². The smallest absolute Gasteiger partial charge is 0.301 e. The molecule has 0 aliphatic carbocycles. The summed E-state index contributed by atoms with van der Waals surface area (Å²) in [7, 11) is 0. The van der Waals surface area contributed by atoms with E-state index < -0.39 is 5.91 Å². The molecule has 6 heteroatoms. The van der Waals surface area contributed by atoms with Gasteiger partial charge >= 0.3 is 6.01 Å². The molecule has 0 spiro atoms. The van der Waals surface area contributed by atoms with E-state index >= 15 is 0 Å². The van der Waals surface area contributed by atoms with E-state index in [1.807, 2.05) is 0 Å². The van der Waals surface area contributed by atoms with Crippen LogP contribution in [0.3, 0.4) is 0 Å². The number of anilines is 2. The molecule has 0 saturated carbocycles. The number of nitrogens with zero attached hydrogens (tertiary/aromatic N) is 1. The van der Waals surface area contributed by atoms with Crippen molar-refractivity contribution in [2.24, 2.45) is 0 Å². The van der Waals surface area contributed by atoms with E-state index in [-0.39, 0.29) is 11.9 Å². The summed E-state index contributed by atoms with van der Waals surface area (Å²) in [6.45, 7) is 3.11. The van der Waals surface area contributed by atoms with Gasteiger partial charge in [0, 0.05) is 6.92 Å². The van der Waals surface area contributed by atoms with Crippen LogP contribution in [0.4, 0.5) is 11.7 Å². The maximum atomic E-state index is 12.1. The van der Waals surface area contributed by atoms with Crippen molar-refractivity contribution in [1.82, 2.24) is 4.98 Å². The zero-order valence-electron chi connectivity index (χ0n) is 10.6. The van der Waals surface area contributed by atoms with Crippen molar-refractivity contribution in [3.63, 3.8) is 0 Å². The van der Waals surface area contributed by atoms with Crippen molar-refractivity contribution >= 4 is 23.5 Å². The molecule has 0 aliphatic rings. The number of nitrogens with one attached hydrogen (secondary N) is 2. The first-order valence-corrected chi connectivity index (χ1v) is 5.66. The fourth-order valence-corrected chi connectivity index (χ4v) is 1.56. The average Bonchev–Trinajstić information content (AvgIpc) is 2.74. The van der Waals surface area contributed by atoms with Gasteiger partial charge < -0.3 is 9.73 Å². The van der Waals surface area contributed by atoms with Crippen LogP contribution in [0.25, 0.3) is 0 Å². The van der Waals surface area contributed by atoms with E-state index in [1.165, 1.54) is 13.1 Å². The summed E-state index contributed by atoms with van der Waals surface area (Å²) in [4.78, 5) is 27.0. The predicted molar refractivity (Wildman–Crippen MR) is 69.9 cm³/mol. The summed E-state index contributed by atoms with van der Waals surface area (Å²) in [6, 6.07) is 6.83. The Bertz CT molecular complexity index is 619. The molecule has 2 aromatic rings. The third kappa shape index (κ3) is 3.19. The van der Waals surface area contributed by atoms with Gasteiger partial charge in [-0.3, -0.25) is 14.9 Å². The van der Waals surface area contributed by atoms with Gasteiger partial charge in [-0.05, 0) is 19.1 Å². The lowest BCUT2D eigenvalue weighted by atomic mass is 10.1. The van der Waals surface area contributed by atoms with Gasteiger partial charge in [-0.15, -0.1) is 0 Å². The number of aromatic nitrogens is 1. The average molecular weight is 259 g/mol. The van der Waals surface area contributed by atoms with E-state index in [9.17, 15) is 9.59 Å². The molecule has 0 unspecified atom stereocenters. The van der Waals surface area contributed by atoms with Crippen molar-refractivity contribution in [2.75, 3.05) is 10.6 Å². The topological polar surface area (TPSA) is 84.2 Å². The van der Waals surface area contributed by atoms with E-state index in [1.54, 1.807) is 31.2 Å². The molecule has 1 aromatic carbocycles. The molecule has 0 saturated heterocycles. The van der Waals surface area contributed by atoms with Gasteiger partial charge in [-0.2, -0.15) is 0 Å². The Morgan fingerprint density at radius 1 is 1.21 bits per heavy atom. The molecule has 1 heterocycles. The van der Waals surface area contributed by atoms with Crippen LogP contribution in [0.2, 0.25) is 0 Å². The Morgan fingerprint density at radius 3 is 2.58 bits per heavy atom. The minimum atomic E-state index is -0.397. The van der Waals surface area contributed by atoms with Gasteiger partial charge in [0.05, 0.1) is 17.4 Å². The first kappa shape index (κ1) is 12.8. The van der Waals surface area contributed by atoms with Crippen LogP contribution in [0, 0.1) is 6.92 Å². The second-order valence-electron chi connectivity index (χ2n) is 3.96. The lowest BCUT2D eigenvalue weighted by molar-refractivity contribution is -0.114. The number of rotatable bonds is 3. The van der Waals surface area contributed by atoms with Crippen LogP contribution in [0.1, 0.15) is 23.0 Å². The summed E-state index contributed by atoms with van der Waals surface area (Å²) in [5.41, 5.74) is 0.782. The summed E-state index contributed by atoms with van der Waals surface area (Å²) < 4.78 is 5.17. The standard InChI is InChI=1S/C13H13N3O3/c1-8-7-14-13(19-8)16-12(18)10-5-3-4-6-11(10)15-9(2)17/h3-7H,1-2H3,(H,15,17)(H,14,16,18). The van der Waals surface area contributed by atoms with Crippen molar-refractivity contribution < 1.29 is 14.0 Å². The summed E-state index contributed by atoms with van der Waals surface area (Å²) >= 11 is 0. The van der Waals surface area contributed by atoms with Crippen LogP contribution in [0.5, 0.6) is 0 Å². The maximum absolute atomic E-state index is 12.1. The minimum Gasteiger partial charge on any atom is -0.429 e. The fraction of sp³-hybridized carbons (Fsp3) is 0.154. The quantitative estimate of drug-likeness (QED) is 0.884. The molecule has 2 N–H and O–H groups in total. The van der Waals surface area contributed by atoms with Gasteiger partial charge in [-0.1, -0.05) is 12.1 Å². The highest BCUT2D eigenvalue weighted by atomic mass is 16.4. The first-order chi connectivity index (χ1) is 9.06. The van der Waals surface area contributed by atoms with Crippen LogP contribution in [-0.4, -0.2) is 16.8 Å². The zero-order chi connectivity index (χ0) is 13.8. The molecule has 98 valence electrons. The molecular formula is C13H13N3O3. The predicted octanol–water partition coefficient (Wildman–Crippen LogP) is 2.19. The molecule has 6 nitrogen and oxygen atoms in total. The highest BCUT2D eigenvalue weighted by Crippen LogP contribution is 2.17. The Balaban J connectivity index is 2.21. The monoisotopic (exact) mass is 259 g/mol. The third-order valence-electron chi connectivity index (χ3n) is 2.32. The van der Waals surface area contributed by atoms with Gasteiger partial charge in [0.15, 0.2) is 0 Å². The molecule has 0 radical (unpaired) electrons. The number of benzene rings is 1. The highest BCUT2D eigenvalue weighted by Gasteiger charge is 2.13. The summed E-state index contributed by atoms with van der Waals surface area (Å²) in [5, 5.41) is 5.12. The molecule has 0 aliphatic heterocycles. The number of carbonyl (C=O) groups is 2. The number of amides is 2. The molecule has 2 amide bonds. The van der Waals surface area contributed by atoms with Crippen LogP contribution < -0.4 is 10.6 Å². The van der Waals surface area contributed by atoms with Gasteiger partial charge in [-0.25, -0.2) is 4.98 Å². The molecule has 19 heavy (non-hydrogen) atoms. The van der Waals surface area contributed by atoms with Gasteiger partial charge in [0.1, 0.15) is 5.76 Å². The number of aryl methyl sites for hydroxylation is 1. The number of hydrogen-bond donors (Lipinski definition) is 2. The van der Waals surface area contributed by atoms with E-state index in [0.717, 1.165) is 0 Å². The highest BCUT2D eigenvalue weighted by molar-refractivity contribution is 6.09. The number of para-hydroxylation sites is 1. The Labute approximate surface area is 109 Å². The zero-order valence-corrected chi connectivity index (χ0v) is 10.6. The molecule has 0 bridgehead atoms. The Morgan fingerprint density at radius 2 is 1.95 bits per heavy atom. The van der Waals surface area contributed by atoms with Crippen LogP contribution in [-0.2, 0) is 4.79 Å². The minimum absolute atomic E-state index is 0.125. The van der Waals surface area contributed by atoms with E-state index in [0.29, 0.717) is 17.0 Å². The van der Waals surface area contributed by atoms with Gasteiger partial charge in [0.25, 0.3) is 5.91 Å². The van der Waals surface area contributed by atoms with Crippen molar-refractivity contribution in [3.8, 4) is 0 Å². The third-order valence-corrected chi connectivity index (χ3v) is 2.32. The van der Waals surface area contributed by atoms with E-state index in [2.05, 4.69) is 15.6 Å². The molecule has 1 aromatic heterocycles. The molecule has 0 fully saturated rings. The fourth-order valence-electron chi connectivity index (χ4n) is 1.56. The van der Waals surface area contributed by atoms with Crippen LogP contribution in [0.15, 0.2) is 34.9 Å². The number of hydrogen-bond acceptors (Lipinski definition) is 4. The number of carbonyl (C=O) groups excluding carboxylic acids is 2. The normalized spacial score (nSPS) is 10.0. The SMILES string of the molecule is CC(=O)Nc1ccccc1C(=O)Nc1ncc(C)o1. The lowest BCUT2D eigenvalue weighted by Crippen LogP contribution is -2.16. The largest absolute Gasteiger partial charge is 0.429 e. The maximum Gasteiger partial charge on any atom is 0.301 e. The number of oxazole rings is 1. The summed E-state index contributed by atoms with van der Waals surface area (Å²) in [6.07, 6.45) is 1.51. The molecular weight excluding hydrogens is 246 g/mol. The lowest BCUT2D eigenvalue weighted by Gasteiger charge is -2.08. The molecule has 2 rings (SSSR count). The summed E-state index contributed by atoms with van der Waals surface area (Å²) in [5.74, 6) is -0.0381. The van der Waals surface area contributed by atoms with E-state index in [4.69, 9.17) is 4.42 Å². The first-order valence-electron chi connectivity index (χ1n) is 5.66. The van der Waals surface area contributed by atoms with Crippen molar-refractivity contribution in [3.05, 3.63) is 41.8 Å². The Hall–Kier alpha value is -2.63. The molecule has 0 atom stereocenters. The van der Waals surface area contributed by atoms with Crippen molar-refractivity contribution in [1.29, 1.82) is 0 Å². The second kappa shape index (κ2) is 5.34. The van der Waals surface area contributed by atoms with Gasteiger partial charge in [0.2, 0.25) is 5.91 Å².